The third-order valence-electron chi connectivity index (χ3n) is 16.0. The van der Waals surface area contributed by atoms with Crippen LogP contribution in [-0.4, -0.2) is 215 Å². The standard InChI is InChI=1S/C59H108N2O21/c1-4-6-8-10-12-14-16-18-19-21-23-25-27-29-31-33-46(69)61-40(41(66)32-30-28-26-24-22-20-17-15-13-11-9-7-5-2)38-77-56-51(73)50(72)53(45(37-64)79-56)80-57-52(74)55(49(71)44(36-63)78-57)82-59(58(75)76)34-42(67)47(60-39(3)65)54(81-59)48(70)43(68)35-62/h18-19,40-45,47-57,62-64,66-68,70-74H,4-17,20-38H2,1-3H3,(H,60,65)(H,61,69)(H,75,76)/t40-,41+,42-,43+,44+,45+,47+,48+,49-,50+,51+,52+,53+,54?,55-,56+,57-,59-/m0/s1. The second-order valence-electron chi connectivity index (χ2n) is 22.9. The lowest BCUT2D eigenvalue weighted by Crippen LogP contribution is -2.70. The second kappa shape index (κ2) is 41.5. The highest BCUT2D eigenvalue weighted by Gasteiger charge is 2.60. The first-order valence-corrected chi connectivity index (χ1v) is 31.0. The number of aliphatic hydroxyl groups is 11. The molecule has 0 aromatic heterocycles. The number of rotatable bonds is 45. The van der Waals surface area contributed by atoms with E-state index < -0.39 is 148 Å². The number of nitrogens with one attached hydrogen (secondary N) is 2. The van der Waals surface area contributed by atoms with Gasteiger partial charge < -0.3 is 100 Å². The van der Waals surface area contributed by atoms with Gasteiger partial charge in [-0.05, 0) is 38.5 Å². The van der Waals surface area contributed by atoms with Crippen molar-refractivity contribution in [2.24, 2.45) is 0 Å². The molecule has 0 aliphatic carbocycles. The summed E-state index contributed by atoms with van der Waals surface area (Å²) in [5, 5.41) is 136. The lowest BCUT2D eigenvalue weighted by molar-refractivity contribution is -0.386. The number of aliphatic hydroxyl groups excluding tert-OH is 11. The smallest absolute Gasteiger partial charge is 0.364 e. The van der Waals surface area contributed by atoms with Crippen LogP contribution in [0.15, 0.2) is 12.2 Å². The zero-order chi connectivity index (χ0) is 60.5. The van der Waals surface area contributed by atoms with Gasteiger partial charge in [0.05, 0.1) is 50.7 Å². The third kappa shape index (κ3) is 25.4. The molecule has 23 nitrogen and oxygen atoms in total. The van der Waals surface area contributed by atoms with E-state index in [2.05, 4.69) is 36.6 Å². The fraction of sp³-hybridized carbons (Fsp3) is 0.915. The number of ether oxygens (including phenoxy) is 6. The fourth-order valence-corrected chi connectivity index (χ4v) is 10.9. The van der Waals surface area contributed by atoms with Crippen molar-refractivity contribution in [1.82, 2.24) is 10.6 Å². The first-order valence-electron chi connectivity index (χ1n) is 31.0. The molecule has 3 aliphatic rings. The van der Waals surface area contributed by atoms with E-state index in [9.17, 15) is 75.7 Å². The van der Waals surface area contributed by atoms with Crippen LogP contribution >= 0.6 is 0 Å². The normalized spacial score (nSPS) is 30.2. The van der Waals surface area contributed by atoms with E-state index >= 15 is 0 Å². The molecule has 3 heterocycles. The molecule has 0 aromatic rings. The molecule has 18 atom stereocenters. The van der Waals surface area contributed by atoms with Crippen molar-refractivity contribution < 1.29 is 104 Å². The van der Waals surface area contributed by atoms with Gasteiger partial charge in [-0.2, -0.15) is 0 Å². The van der Waals surface area contributed by atoms with E-state index in [-0.39, 0.29) is 18.9 Å². The molecule has 480 valence electrons. The van der Waals surface area contributed by atoms with Gasteiger partial charge in [0.15, 0.2) is 12.6 Å². The summed E-state index contributed by atoms with van der Waals surface area (Å²) in [5.74, 6) is -6.11. The SMILES string of the molecule is CCCCCCCCC=CCCCCCCCC(=O)N[C@@H](CO[C@@H]1O[C@H](CO)[C@@H](O[C@@H]2O[C@H](CO)[C@H](O)[C@H](O[C@]3(C(=O)O)C[C@H](O)[C@@H](NC(C)=O)C([C@H](O)[C@H](O)CO)O3)[C@H]2O)[C@H](O)[C@H]1O)[C@H](O)CCCCCCCCCCCCCCC. The Morgan fingerprint density at radius 1 is 0.622 bits per heavy atom. The van der Waals surface area contributed by atoms with Crippen molar-refractivity contribution in [3.63, 3.8) is 0 Å². The van der Waals surface area contributed by atoms with Crippen LogP contribution < -0.4 is 10.6 Å². The maximum Gasteiger partial charge on any atom is 0.364 e. The summed E-state index contributed by atoms with van der Waals surface area (Å²) in [6, 6.07) is -2.53. The van der Waals surface area contributed by atoms with Gasteiger partial charge in [-0.25, -0.2) is 4.79 Å². The van der Waals surface area contributed by atoms with Crippen LogP contribution in [-0.2, 0) is 42.8 Å². The van der Waals surface area contributed by atoms with Crippen LogP contribution in [0, 0.1) is 0 Å². The average molecular weight is 1180 g/mol. The Morgan fingerprint density at radius 2 is 1.13 bits per heavy atom. The molecule has 23 heteroatoms. The number of carboxylic acid groups (broad SMARTS) is 1. The van der Waals surface area contributed by atoms with Crippen LogP contribution in [0.3, 0.4) is 0 Å². The van der Waals surface area contributed by atoms with Crippen LogP contribution in [0.5, 0.6) is 0 Å². The van der Waals surface area contributed by atoms with E-state index in [1.807, 2.05) is 0 Å². The Bertz CT molecular complexity index is 1740. The summed E-state index contributed by atoms with van der Waals surface area (Å²) < 4.78 is 34.7. The highest BCUT2D eigenvalue weighted by molar-refractivity contribution is 5.77. The van der Waals surface area contributed by atoms with Gasteiger partial charge in [0.25, 0.3) is 5.79 Å². The van der Waals surface area contributed by atoms with E-state index in [0.717, 1.165) is 71.1 Å². The Balaban J connectivity index is 1.66. The fourth-order valence-electron chi connectivity index (χ4n) is 10.9. The lowest BCUT2D eigenvalue weighted by atomic mass is 9.88. The van der Waals surface area contributed by atoms with Gasteiger partial charge in [0.1, 0.15) is 67.1 Å². The molecule has 3 saturated heterocycles. The first-order chi connectivity index (χ1) is 39.4. The van der Waals surface area contributed by atoms with E-state index in [4.69, 9.17) is 28.4 Å². The van der Waals surface area contributed by atoms with Gasteiger partial charge >= 0.3 is 5.97 Å². The number of carbonyl (C=O) groups excluding carboxylic acids is 2. The molecule has 3 fully saturated rings. The Kier molecular flexibility index (Phi) is 37.4. The van der Waals surface area contributed by atoms with Gasteiger partial charge in [-0.3, -0.25) is 9.59 Å². The van der Waals surface area contributed by atoms with Gasteiger partial charge in [0, 0.05) is 19.8 Å². The maximum atomic E-state index is 13.4. The molecule has 0 spiro atoms. The molecule has 1 unspecified atom stereocenters. The van der Waals surface area contributed by atoms with Crippen LogP contribution in [0.2, 0.25) is 0 Å². The van der Waals surface area contributed by atoms with Crippen LogP contribution in [0.1, 0.15) is 207 Å². The highest BCUT2D eigenvalue weighted by Crippen LogP contribution is 2.38. The number of hydrogen-bond donors (Lipinski definition) is 14. The maximum absolute atomic E-state index is 13.4. The predicted octanol–water partition coefficient (Wildman–Crippen LogP) is 3.17. The van der Waals surface area contributed by atoms with Crippen LogP contribution in [0.4, 0.5) is 0 Å². The molecule has 0 aromatic carbocycles. The Hall–Kier alpha value is -2.53. The number of hydrogen-bond acceptors (Lipinski definition) is 20. The number of amides is 2. The molecule has 0 radical (unpaired) electrons. The minimum absolute atomic E-state index is 0.214. The number of aliphatic carboxylic acids is 1. The Labute approximate surface area is 486 Å². The molecule has 3 aliphatic heterocycles. The highest BCUT2D eigenvalue weighted by atomic mass is 16.8. The monoisotopic (exact) mass is 1180 g/mol. The van der Waals surface area contributed by atoms with Crippen molar-refractivity contribution >= 4 is 17.8 Å². The van der Waals surface area contributed by atoms with E-state index in [0.29, 0.717) is 19.3 Å². The summed E-state index contributed by atoms with van der Waals surface area (Å²) in [7, 11) is 0. The zero-order valence-corrected chi connectivity index (χ0v) is 49.3. The van der Waals surface area contributed by atoms with E-state index in [1.165, 1.54) is 89.9 Å². The summed E-state index contributed by atoms with van der Waals surface area (Å²) in [5.41, 5.74) is 0. The molecule has 14 N–H and O–H groups in total. The average Bonchev–Trinajstić information content (AvgIpc) is 3.03. The van der Waals surface area contributed by atoms with Crippen molar-refractivity contribution in [1.29, 1.82) is 0 Å². The van der Waals surface area contributed by atoms with Crippen molar-refractivity contribution in [3.05, 3.63) is 12.2 Å². The third-order valence-corrected chi connectivity index (χ3v) is 16.0. The summed E-state index contributed by atoms with van der Waals surface area (Å²) in [6.07, 6.45) is 5.21. The number of carbonyl (C=O) groups is 3. The quantitative estimate of drug-likeness (QED) is 0.0307. The van der Waals surface area contributed by atoms with Gasteiger partial charge in [-0.1, -0.05) is 161 Å². The number of unbranched alkanes of at least 4 members (excludes halogenated alkanes) is 23. The topological polar surface area (TPSA) is 373 Å². The van der Waals surface area contributed by atoms with E-state index in [1.54, 1.807) is 0 Å². The number of allylic oxidation sites excluding steroid dienone is 2. The van der Waals surface area contributed by atoms with Gasteiger partial charge in [-0.15, -0.1) is 0 Å². The summed E-state index contributed by atoms with van der Waals surface area (Å²) >= 11 is 0. The second-order valence-corrected chi connectivity index (χ2v) is 22.9. The molecule has 82 heavy (non-hydrogen) atoms. The number of carboxylic acids is 1. The van der Waals surface area contributed by atoms with Crippen molar-refractivity contribution in [3.8, 4) is 0 Å². The zero-order valence-electron chi connectivity index (χ0n) is 49.3. The lowest BCUT2D eigenvalue weighted by Gasteiger charge is -2.50. The Morgan fingerprint density at radius 3 is 1.65 bits per heavy atom. The van der Waals surface area contributed by atoms with Crippen LogP contribution in [0.25, 0.3) is 0 Å². The van der Waals surface area contributed by atoms with Crippen molar-refractivity contribution in [2.75, 3.05) is 26.4 Å². The molecular weight excluding hydrogens is 1070 g/mol. The molecule has 0 bridgehead atoms. The minimum Gasteiger partial charge on any atom is -0.477 e. The summed E-state index contributed by atoms with van der Waals surface area (Å²) in [4.78, 5) is 38.4. The first kappa shape index (κ1) is 73.7. The summed E-state index contributed by atoms with van der Waals surface area (Å²) in [6.45, 7) is 2.15. The predicted molar refractivity (Wildman–Crippen MR) is 301 cm³/mol. The molecular formula is C59H108N2O21. The van der Waals surface area contributed by atoms with Crippen molar-refractivity contribution in [2.45, 2.75) is 317 Å². The largest absolute Gasteiger partial charge is 0.477 e. The molecule has 2 amide bonds. The minimum atomic E-state index is -3.08. The van der Waals surface area contributed by atoms with Gasteiger partial charge in [0.2, 0.25) is 11.8 Å². The molecule has 0 saturated carbocycles. The molecule has 3 rings (SSSR count).